The molecule has 0 aliphatic carbocycles. The number of furan rings is 1. The normalized spacial score (nSPS) is 15.0. The first-order chi connectivity index (χ1) is 13.1. The summed E-state index contributed by atoms with van der Waals surface area (Å²) in [6.45, 7) is 7.65. The predicted octanol–water partition coefficient (Wildman–Crippen LogP) is 2.94. The first-order valence-corrected chi connectivity index (χ1v) is 9.52. The van der Waals surface area contributed by atoms with Crippen LogP contribution in [0.3, 0.4) is 0 Å². The second-order valence-electron chi connectivity index (χ2n) is 6.87. The van der Waals surface area contributed by atoms with Crippen LogP contribution >= 0.6 is 0 Å². The maximum Gasteiger partial charge on any atom is 0.289 e. The van der Waals surface area contributed by atoms with Crippen LogP contribution < -0.4 is 5.32 Å². The molecule has 2 heterocycles. The third kappa shape index (κ3) is 4.77. The van der Waals surface area contributed by atoms with Crippen LogP contribution in [0, 0.1) is 6.92 Å². The fourth-order valence-corrected chi connectivity index (χ4v) is 3.39. The summed E-state index contributed by atoms with van der Waals surface area (Å²) < 4.78 is 5.18. The largest absolute Gasteiger partial charge is 0.459 e. The SMILES string of the molecule is CCc1cccc(C)c1NC(=O)CCN1CCN(C(=O)c2ccco2)CC1. The molecule has 2 amide bonds. The second kappa shape index (κ2) is 8.86. The molecule has 2 aromatic rings. The molecule has 1 aromatic carbocycles. The third-order valence-electron chi connectivity index (χ3n) is 5.05. The number of rotatable bonds is 6. The van der Waals surface area contributed by atoms with Gasteiger partial charge < -0.3 is 14.6 Å². The highest BCUT2D eigenvalue weighted by Gasteiger charge is 2.23. The zero-order valence-electron chi connectivity index (χ0n) is 16.0. The highest BCUT2D eigenvalue weighted by molar-refractivity contribution is 5.92. The van der Waals surface area contributed by atoms with Crippen molar-refractivity contribution in [2.24, 2.45) is 0 Å². The lowest BCUT2D eigenvalue weighted by Gasteiger charge is -2.34. The Hall–Kier alpha value is -2.60. The van der Waals surface area contributed by atoms with Gasteiger partial charge in [-0.15, -0.1) is 0 Å². The number of anilines is 1. The smallest absolute Gasteiger partial charge is 0.289 e. The number of amides is 2. The van der Waals surface area contributed by atoms with Crippen LogP contribution in [-0.2, 0) is 11.2 Å². The van der Waals surface area contributed by atoms with Gasteiger partial charge in [0, 0.05) is 44.8 Å². The van der Waals surface area contributed by atoms with Crippen LogP contribution in [-0.4, -0.2) is 54.3 Å². The molecular weight excluding hydrogens is 342 g/mol. The minimum Gasteiger partial charge on any atom is -0.459 e. The average Bonchev–Trinajstić information content (AvgIpc) is 3.22. The zero-order chi connectivity index (χ0) is 19.2. The lowest BCUT2D eigenvalue weighted by atomic mass is 10.1. The highest BCUT2D eigenvalue weighted by Crippen LogP contribution is 2.21. The van der Waals surface area contributed by atoms with E-state index >= 15 is 0 Å². The maximum atomic E-state index is 12.4. The van der Waals surface area contributed by atoms with Gasteiger partial charge in [0.1, 0.15) is 0 Å². The molecule has 1 aliphatic rings. The first kappa shape index (κ1) is 19.2. The van der Waals surface area contributed by atoms with Gasteiger partial charge >= 0.3 is 0 Å². The van der Waals surface area contributed by atoms with Gasteiger partial charge in [-0.3, -0.25) is 14.5 Å². The number of para-hydroxylation sites is 1. The summed E-state index contributed by atoms with van der Waals surface area (Å²) in [4.78, 5) is 28.7. The minimum absolute atomic E-state index is 0.0353. The molecule has 0 bridgehead atoms. The number of hydrogen-bond acceptors (Lipinski definition) is 4. The van der Waals surface area contributed by atoms with E-state index < -0.39 is 0 Å². The molecule has 1 saturated heterocycles. The van der Waals surface area contributed by atoms with E-state index in [9.17, 15) is 9.59 Å². The summed E-state index contributed by atoms with van der Waals surface area (Å²) in [6.07, 6.45) is 2.85. The van der Waals surface area contributed by atoms with Gasteiger partial charge in [-0.25, -0.2) is 0 Å². The topological polar surface area (TPSA) is 65.8 Å². The van der Waals surface area contributed by atoms with E-state index in [1.54, 1.807) is 17.0 Å². The summed E-state index contributed by atoms with van der Waals surface area (Å²) >= 11 is 0. The van der Waals surface area contributed by atoms with Crippen molar-refractivity contribution in [1.82, 2.24) is 9.80 Å². The Morgan fingerprint density at radius 1 is 1.11 bits per heavy atom. The van der Waals surface area contributed by atoms with Crippen LogP contribution in [0.1, 0.15) is 35.0 Å². The predicted molar refractivity (Wildman–Crippen MR) is 105 cm³/mol. The molecule has 0 spiro atoms. The van der Waals surface area contributed by atoms with E-state index in [2.05, 4.69) is 23.2 Å². The van der Waals surface area contributed by atoms with Crippen LogP contribution in [0.5, 0.6) is 0 Å². The molecule has 1 aromatic heterocycles. The molecule has 144 valence electrons. The molecular formula is C21H27N3O3. The summed E-state index contributed by atoms with van der Waals surface area (Å²) in [5.41, 5.74) is 3.19. The van der Waals surface area contributed by atoms with Crippen molar-refractivity contribution in [3.8, 4) is 0 Å². The van der Waals surface area contributed by atoms with Gasteiger partial charge in [0.2, 0.25) is 5.91 Å². The number of nitrogens with one attached hydrogen (secondary N) is 1. The zero-order valence-corrected chi connectivity index (χ0v) is 16.0. The van der Waals surface area contributed by atoms with E-state index in [0.717, 1.165) is 36.3 Å². The van der Waals surface area contributed by atoms with Crippen molar-refractivity contribution in [2.45, 2.75) is 26.7 Å². The number of nitrogens with zero attached hydrogens (tertiary/aromatic N) is 2. The fraction of sp³-hybridized carbons (Fsp3) is 0.429. The Labute approximate surface area is 160 Å². The first-order valence-electron chi connectivity index (χ1n) is 9.52. The number of carbonyl (C=O) groups is 2. The molecule has 0 unspecified atom stereocenters. The summed E-state index contributed by atoms with van der Waals surface area (Å²) in [5.74, 6) is 0.352. The highest BCUT2D eigenvalue weighted by atomic mass is 16.3. The molecule has 6 heteroatoms. The van der Waals surface area contributed by atoms with E-state index in [0.29, 0.717) is 31.8 Å². The van der Waals surface area contributed by atoms with Crippen LogP contribution in [0.15, 0.2) is 41.0 Å². The van der Waals surface area contributed by atoms with E-state index in [1.807, 2.05) is 19.1 Å². The Morgan fingerprint density at radius 3 is 2.56 bits per heavy atom. The van der Waals surface area contributed by atoms with E-state index in [-0.39, 0.29) is 11.8 Å². The molecule has 1 aliphatic heterocycles. The second-order valence-corrected chi connectivity index (χ2v) is 6.87. The summed E-state index contributed by atoms with van der Waals surface area (Å²) in [6, 6.07) is 9.50. The quantitative estimate of drug-likeness (QED) is 0.850. The third-order valence-corrected chi connectivity index (χ3v) is 5.05. The van der Waals surface area contributed by atoms with Gasteiger partial charge in [0.15, 0.2) is 5.76 Å². The number of hydrogen-bond donors (Lipinski definition) is 1. The monoisotopic (exact) mass is 369 g/mol. The maximum absolute atomic E-state index is 12.4. The molecule has 0 atom stereocenters. The number of piperazine rings is 1. The van der Waals surface area contributed by atoms with Crippen molar-refractivity contribution in [3.05, 3.63) is 53.5 Å². The van der Waals surface area contributed by atoms with Crippen molar-refractivity contribution in [2.75, 3.05) is 38.0 Å². The Bertz CT molecular complexity index is 778. The molecule has 1 fully saturated rings. The summed E-state index contributed by atoms with van der Waals surface area (Å²) in [5, 5.41) is 3.07. The van der Waals surface area contributed by atoms with Gasteiger partial charge in [0.05, 0.1) is 6.26 Å². The Balaban J connectivity index is 1.45. The number of aryl methyl sites for hydroxylation is 2. The standard InChI is InChI=1S/C21H27N3O3/c1-3-17-7-4-6-16(2)20(17)22-19(25)9-10-23-11-13-24(14-12-23)21(26)18-8-5-15-27-18/h4-8,15H,3,9-14H2,1-2H3,(H,22,25). The molecule has 1 N–H and O–H groups in total. The lowest BCUT2D eigenvalue weighted by Crippen LogP contribution is -2.49. The molecule has 3 rings (SSSR count). The Morgan fingerprint density at radius 2 is 1.89 bits per heavy atom. The van der Waals surface area contributed by atoms with Crippen LogP contribution in [0.25, 0.3) is 0 Å². The molecule has 0 saturated carbocycles. The lowest BCUT2D eigenvalue weighted by molar-refractivity contribution is -0.116. The molecule has 27 heavy (non-hydrogen) atoms. The van der Waals surface area contributed by atoms with Crippen molar-refractivity contribution >= 4 is 17.5 Å². The summed E-state index contributed by atoms with van der Waals surface area (Å²) in [7, 11) is 0. The van der Waals surface area contributed by atoms with Crippen molar-refractivity contribution in [3.63, 3.8) is 0 Å². The van der Waals surface area contributed by atoms with Crippen molar-refractivity contribution < 1.29 is 14.0 Å². The minimum atomic E-state index is -0.0657. The van der Waals surface area contributed by atoms with E-state index in [4.69, 9.17) is 4.42 Å². The fourth-order valence-electron chi connectivity index (χ4n) is 3.39. The Kier molecular flexibility index (Phi) is 6.29. The average molecular weight is 369 g/mol. The number of benzene rings is 1. The molecule has 6 nitrogen and oxygen atoms in total. The van der Waals surface area contributed by atoms with Crippen molar-refractivity contribution in [1.29, 1.82) is 0 Å². The number of carbonyl (C=O) groups excluding carboxylic acids is 2. The van der Waals surface area contributed by atoms with Gasteiger partial charge in [-0.1, -0.05) is 25.1 Å². The van der Waals surface area contributed by atoms with Gasteiger partial charge in [-0.2, -0.15) is 0 Å². The van der Waals surface area contributed by atoms with Crippen LogP contribution in [0.2, 0.25) is 0 Å². The van der Waals surface area contributed by atoms with Crippen LogP contribution in [0.4, 0.5) is 5.69 Å². The van der Waals surface area contributed by atoms with E-state index in [1.165, 1.54) is 6.26 Å². The van der Waals surface area contributed by atoms with Gasteiger partial charge in [0.25, 0.3) is 5.91 Å². The molecule has 0 radical (unpaired) electrons. The van der Waals surface area contributed by atoms with Gasteiger partial charge in [-0.05, 0) is 36.6 Å².